The van der Waals surface area contributed by atoms with E-state index in [1.54, 1.807) is 0 Å². The van der Waals surface area contributed by atoms with Crippen molar-refractivity contribution in [2.24, 2.45) is 5.92 Å². The van der Waals surface area contributed by atoms with Gasteiger partial charge in [0.25, 0.3) is 0 Å². The van der Waals surface area contributed by atoms with Crippen molar-refractivity contribution in [2.45, 2.75) is 45.1 Å². The van der Waals surface area contributed by atoms with Crippen molar-refractivity contribution in [1.82, 2.24) is 10.3 Å². The van der Waals surface area contributed by atoms with E-state index in [-0.39, 0.29) is 0 Å². The first-order chi connectivity index (χ1) is 9.88. The van der Waals surface area contributed by atoms with E-state index >= 15 is 0 Å². The fraction of sp³-hybridized carbons (Fsp3) is 0.500. The van der Waals surface area contributed by atoms with Gasteiger partial charge in [-0.3, -0.25) is 4.98 Å². The van der Waals surface area contributed by atoms with Crippen LogP contribution >= 0.6 is 0 Å². The smallest absolute Gasteiger partial charge is 0.0749 e. The number of hydrogen-bond acceptors (Lipinski definition) is 2. The molecule has 0 spiro atoms. The molecule has 1 aromatic heterocycles. The van der Waals surface area contributed by atoms with Crippen molar-refractivity contribution in [3.8, 4) is 0 Å². The number of rotatable bonds is 7. The standard InChI is InChI=1S/C18H24N2/c1-2-12-19-17(11-10-14-8-9-14)16-7-3-5-15-6-4-13-20-18(15)16/h3-7,13-14,17,19H,2,8-12H2,1H3. The molecule has 1 aliphatic carbocycles. The number of hydrogen-bond donors (Lipinski definition) is 1. The zero-order chi connectivity index (χ0) is 13.8. The summed E-state index contributed by atoms with van der Waals surface area (Å²) < 4.78 is 0. The van der Waals surface area contributed by atoms with Gasteiger partial charge in [0.15, 0.2) is 0 Å². The number of para-hydroxylation sites is 1. The van der Waals surface area contributed by atoms with Crippen molar-refractivity contribution < 1.29 is 0 Å². The van der Waals surface area contributed by atoms with Gasteiger partial charge in [-0.25, -0.2) is 0 Å². The van der Waals surface area contributed by atoms with Gasteiger partial charge >= 0.3 is 0 Å². The minimum absolute atomic E-state index is 0.453. The van der Waals surface area contributed by atoms with Crippen LogP contribution in [0.4, 0.5) is 0 Å². The average Bonchev–Trinajstić information content (AvgIpc) is 3.31. The lowest BCUT2D eigenvalue weighted by atomic mass is 9.97. The summed E-state index contributed by atoms with van der Waals surface area (Å²) in [6, 6.07) is 11.2. The van der Waals surface area contributed by atoms with Crippen molar-refractivity contribution in [3.05, 3.63) is 42.1 Å². The second-order valence-electron chi connectivity index (χ2n) is 5.95. The molecule has 106 valence electrons. The number of fused-ring (bicyclic) bond motifs is 1. The zero-order valence-electron chi connectivity index (χ0n) is 12.3. The van der Waals surface area contributed by atoms with Gasteiger partial charge in [0.2, 0.25) is 0 Å². The van der Waals surface area contributed by atoms with Crippen LogP contribution in [0.5, 0.6) is 0 Å². The van der Waals surface area contributed by atoms with Crippen LogP contribution in [0.1, 0.15) is 50.6 Å². The molecule has 1 unspecified atom stereocenters. The molecule has 1 aliphatic rings. The molecule has 0 radical (unpaired) electrons. The summed E-state index contributed by atoms with van der Waals surface area (Å²) in [5, 5.41) is 4.97. The van der Waals surface area contributed by atoms with Gasteiger partial charge in [0.05, 0.1) is 5.52 Å². The molecule has 2 heteroatoms. The molecule has 1 aromatic carbocycles. The van der Waals surface area contributed by atoms with E-state index in [1.165, 1.54) is 48.6 Å². The summed E-state index contributed by atoms with van der Waals surface area (Å²) in [6.07, 6.45) is 8.55. The molecule has 0 amide bonds. The minimum atomic E-state index is 0.453. The minimum Gasteiger partial charge on any atom is -0.310 e. The molecule has 0 bridgehead atoms. The Morgan fingerprint density at radius 2 is 2.10 bits per heavy atom. The molecule has 2 aromatic rings. The highest BCUT2D eigenvalue weighted by molar-refractivity contribution is 5.81. The lowest BCUT2D eigenvalue weighted by Gasteiger charge is -2.20. The molecule has 1 atom stereocenters. The number of aromatic nitrogens is 1. The van der Waals surface area contributed by atoms with Gasteiger partial charge in [-0.15, -0.1) is 0 Å². The Kier molecular flexibility index (Phi) is 4.31. The van der Waals surface area contributed by atoms with E-state index in [0.717, 1.165) is 12.5 Å². The van der Waals surface area contributed by atoms with Crippen LogP contribution < -0.4 is 5.32 Å². The molecular formula is C18H24N2. The van der Waals surface area contributed by atoms with Crippen molar-refractivity contribution in [2.75, 3.05) is 6.54 Å². The molecule has 0 aliphatic heterocycles. The number of nitrogens with zero attached hydrogens (tertiary/aromatic N) is 1. The zero-order valence-corrected chi connectivity index (χ0v) is 12.3. The topological polar surface area (TPSA) is 24.9 Å². The summed E-state index contributed by atoms with van der Waals surface area (Å²) in [6.45, 7) is 3.31. The molecule has 0 saturated heterocycles. The molecular weight excluding hydrogens is 244 g/mol. The molecule has 1 fully saturated rings. The summed E-state index contributed by atoms with van der Waals surface area (Å²) in [7, 11) is 0. The normalized spacial score (nSPS) is 16.4. The molecule has 3 rings (SSSR count). The molecule has 1 saturated carbocycles. The number of pyridine rings is 1. The third kappa shape index (κ3) is 3.18. The van der Waals surface area contributed by atoms with Crippen LogP contribution in [-0.4, -0.2) is 11.5 Å². The Morgan fingerprint density at radius 1 is 1.25 bits per heavy atom. The van der Waals surface area contributed by atoms with Crippen LogP contribution in [-0.2, 0) is 0 Å². The quantitative estimate of drug-likeness (QED) is 0.801. The first-order valence-corrected chi connectivity index (χ1v) is 7.95. The lowest BCUT2D eigenvalue weighted by molar-refractivity contribution is 0.472. The SMILES string of the molecule is CCCNC(CCC1CC1)c1cccc2cccnc12. The van der Waals surface area contributed by atoms with Gasteiger partial charge in [0.1, 0.15) is 0 Å². The van der Waals surface area contributed by atoms with E-state index in [9.17, 15) is 0 Å². The van der Waals surface area contributed by atoms with Gasteiger partial charge in [-0.1, -0.05) is 44.0 Å². The predicted octanol–water partition coefficient (Wildman–Crippen LogP) is 4.47. The highest BCUT2D eigenvalue weighted by Gasteiger charge is 2.23. The van der Waals surface area contributed by atoms with Gasteiger partial charge in [0, 0.05) is 17.6 Å². The largest absolute Gasteiger partial charge is 0.310 e. The highest BCUT2D eigenvalue weighted by atomic mass is 14.9. The fourth-order valence-corrected chi connectivity index (χ4v) is 2.90. The first-order valence-electron chi connectivity index (χ1n) is 7.95. The maximum Gasteiger partial charge on any atom is 0.0749 e. The lowest BCUT2D eigenvalue weighted by Crippen LogP contribution is -2.22. The summed E-state index contributed by atoms with van der Waals surface area (Å²) in [4.78, 5) is 4.61. The Hall–Kier alpha value is -1.41. The van der Waals surface area contributed by atoms with Crippen molar-refractivity contribution in [3.63, 3.8) is 0 Å². The monoisotopic (exact) mass is 268 g/mol. The molecule has 1 heterocycles. The maximum absolute atomic E-state index is 4.61. The van der Waals surface area contributed by atoms with Crippen LogP contribution in [0.15, 0.2) is 36.5 Å². The number of benzene rings is 1. The third-order valence-electron chi connectivity index (χ3n) is 4.24. The van der Waals surface area contributed by atoms with E-state index in [4.69, 9.17) is 0 Å². The average molecular weight is 268 g/mol. The van der Waals surface area contributed by atoms with E-state index in [1.807, 2.05) is 12.3 Å². The van der Waals surface area contributed by atoms with Crippen LogP contribution in [0.25, 0.3) is 10.9 Å². The Labute approximate surface area is 121 Å². The van der Waals surface area contributed by atoms with E-state index in [0.29, 0.717) is 6.04 Å². The van der Waals surface area contributed by atoms with Crippen LogP contribution in [0, 0.1) is 5.92 Å². The second kappa shape index (κ2) is 6.36. The molecule has 20 heavy (non-hydrogen) atoms. The third-order valence-corrected chi connectivity index (χ3v) is 4.24. The molecule has 1 N–H and O–H groups in total. The number of nitrogens with one attached hydrogen (secondary N) is 1. The second-order valence-corrected chi connectivity index (χ2v) is 5.95. The van der Waals surface area contributed by atoms with Crippen molar-refractivity contribution in [1.29, 1.82) is 0 Å². The Morgan fingerprint density at radius 3 is 2.90 bits per heavy atom. The van der Waals surface area contributed by atoms with Crippen LogP contribution in [0.2, 0.25) is 0 Å². The first kappa shape index (κ1) is 13.6. The fourth-order valence-electron chi connectivity index (χ4n) is 2.90. The summed E-state index contributed by atoms with van der Waals surface area (Å²) in [5.74, 6) is 0.990. The van der Waals surface area contributed by atoms with E-state index in [2.05, 4.69) is 41.5 Å². The Balaban J connectivity index is 1.85. The maximum atomic E-state index is 4.61. The highest BCUT2D eigenvalue weighted by Crippen LogP contribution is 2.36. The van der Waals surface area contributed by atoms with Gasteiger partial charge in [-0.05, 0) is 43.4 Å². The summed E-state index contributed by atoms with van der Waals surface area (Å²) in [5.41, 5.74) is 2.54. The predicted molar refractivity (Wildman–Crippen MR) is 84.7 cm³/mol. The Bertz CT molecular complexity index is 555. The molecule has 2 nitrogen and oxygen atoms in total. The van der Waals surface area contributed by atoms with Crippen molar-refractivity contribution >= 4 is 10.9 Å². The van der Waals surface area contributed by atoms with Gasteiger partial charge < -0.3 is 5.32 Å². The van der Waals surface area contributed by atoms with Crippen LogP contribution in [0.3, 0.4) is 0 Å². The van der Waals surface area contributed by atoms with E-state index < -0.39 is 0 Å². The van der Waals surface area contributed by atoms with Gasteiger partial charge in [-0.2, -0.15) is 0 Å². The summed E-state index contributed by atoms with van der Waals surface area (Å²) >= 11 is 0.